The van der Waals surface area contributed by atoms with Crippen LogP contribution in [-0.2, 0) is 0 Å². The molecule has 0 aromatic carbocycles. The van der Waals surface area contributed by atoms with E-state index >= 15 is 0 Å². The lowest BCUT2D eigenvalue weighted by molar-refractivity contribution is -0.126. The molecule has 5 N–H and O–H groups in total. The Morgan fingerprint density at radius 3 is 2.67 bits per heavy atom. The SMILES string of the molecule is CC1(N)C=CC(N)=CC1NCC(F)(F)F. The molecule has 0 aromatic heterocycles. The maximum absolute atomic E-state index is 12.0. The monoisotopic (exact) mass is 221 g/mol. The van der Waals surface area contributed by atoms with Gasteiger partial charge in [0.15, 0.2) is 0 Å². The number of hydrogen-bond acceptors (Lipinski definition) is 3. The molecule has 0 heterocycles. The maximum Gasteiger partial charge on any atom is 0.401 e. The molecule has 6 heteroatoms. The zero-order valence-electron chi connectivity index (χ0n) is 8.31. The fraction of sp³-hybridized carbons (Fsp3) is 0.556. The molecule has 0 fully saturated rings. The van der Waals surface area contributed by atoms with Gasteiger partial charge in [-0.05, 0) is 19.1 Å². The first-order chi connectivity index (χ1) is 6.71. The van der Waals surface area contributed by atoms with E-state index in [-0.39, 0.29) is 0 Å². The fourth-order valence-electron chi connectivity index (χ4n) is 1.31. The lowest BCUT2D eigenvalue weighted by atomic mass is 9.88. The highest BCUT2D eigenvalue weighted by atomic mass is 19.4. The molecule has 0 aliphatic heterocycles. The van der Waals surface area contributed by atoms with Gasteiger partial charge in [0, 0.05) is 11.7 Å². The third kappa shape index (κ3) is 3.56. The van der Waals surface area contributed by atoms with E-state index in [2.05, 4.69) is 5.32 Å². The van der Waals surface area contributed by atoms with Crippen molar-refractivity contribution < 1.29 is 13.2 Å². The van der Waals surface area contributed by atoms with E-state index in [4.69, 9.17) is 11.5 Å². The molecule has 15 heavy (non-hydrogen) atoms. The normalized spacial score (nSPS) is 31.5. The van der Waals surface area contributed by atoms with Gasteiger partial charge in [-0.15, -0.1) is 0 Å². The van der Waals surface area contributed by atoms with Gasteiger partial charge in [0.2, 0.25) is 0 Å². The molecule has 1 aliphatic rings. The Bertz CT molecular complexity index is 291. The molecule has 3 nitrogen and oxygen atoms in total. The molecule has 0 radical (unpaired) electrons. The molecule has 0 spiro atoms. The number of nitrogens with one attached hydrogen (secondary N) is 1. The molecule has 1 rings (SSSR count). The minimum absolute atomic E-state index is 0.414. The highest BCUT2D eigenvalue weighted by Crippen LogP contribution is 2.19. The van der Waals surface area contributed by atoms with Crippen LogP contribution >= 0.6 is 0 Å². The summed E-state index contributed by atoms with van der Waals surface area (Å²) in [5.74, 6) is 0. The summed E-state index contributed by atoms with van der Waals surface area (Å²) in [4.78, 5) is 0. The Labute approximate surface area is 86.0 Å². The van der Waals surface area contributed by atoms with Gasteiger partial charge in [-0.25, -0.2) is 0 Å². The van der Waals surface area contributed by atoms with E-state index in [1.807, 2.05) is 0 Å². The molecule has 0 saturated heterocycles. The van der Waals surface area contributed by atoms with Gasteiger partial charge in [-0.2, -0.15) is 13.2 Å². The molecule has 2 atom stereocenters. The molecule has 1 aliphatic carbocycles. The zero-order valence-corrected chi connectivity index (χ0v) is 8.31. The lowest BCUT2D eigenvalue weighted by Crippen LogP contribution is -2.55. The Morgan fingerprint density at radius 2 is 2.13 bits per heavy atom. The van der Waals surface area contributed by atoms with Gasteiger partial charge in [0.05, 0.1) is 12.1 Å². The first kappa shape index (κ1) is 12.1. The number of hydrogen-bond donors (Lipinski definition) is 3. The second-order valence-electron chi connectivity index (χ2n) is 3.84. The molecular formula is C9H14F3N3. The van der Waals surface area contributed by atoms with Crippen LogP contribution in [0.15, 0.2) is 23.9 Å². The van der Waals surface area contributed by atoms with Crippen LogP contribution in [0.25, 0.3) is 0 Å². The fourth-order valence-corrected chi connectivity index (χ4v) is 1.31. The van der Waals surface area contributed by atoms with Gasteiger partial charge in [0.1, 0.15) is 0 Å². The van der Waals surface area contributed by atoms with Crippen molar-refractivity contribution in [3.63, 3.8) is 0 Å². The van der Waals surface area contributed by atoms with Crippen molar-refractivity contribution in [2.24, 2.45) is 11.5 Å². The average Bonchev–Trinajstić information content (AvgIpc) is 2.05. The summed E-state index contributed by atoms with van der Waals surface area (Å²) < 4.78 is 36.0. The summed E-state index contributed by atoms with van der Waals surface area (Å²) in [6.07, 6.45) is 0.424. The van der Waals surface area contributed by atoms with Crippen LogP contribution in [-0.4, -0.2) is 24.3 Å². The second-order valence-corrected chi connectivity index (χ2v) is 3.84. The standard InChI is InChI=1S/C9H14F3N3/c1-8(14)3-2-6(13)4-7(8)15-5-9(10,11)12/h2-4,7,15H,5,13-14H2,1H3. The first-order valence-corrected chi connectivity index (χ1v) is 4.46. The van der Waals surface area contributed by atoms with Gasteiger partial charge in [0.25, 0.3) is 0 Å². The van der Waals surface area contributed by atoms with E-state index in [0.29, 0.717) is 5.70 Å². The molecule has 0 saturated carbocycles. The minimum atomic E-state index is -4.25. The topological polar surface area (TPSA) is 64.1 Å². The third-order valence-corrected chi connectivity index (χ3v) is 2.19. The van der Waals surface area contributed by atoms with Gasteiger partial charge >= 0.3 is 6.18 Å². The first-order valence-electron chi connectivity index (χ1n) is 4.46. The quantitative estimate of drug-likeness (QED) is 0.641. The molecule has 86 valence electrons. The van der Waals surface area contributed by atoms with Crippen LogP contribution in [0.5, 0.6) is 0 Å². The molecular weight excluding hydrogens is 207 g/mol. The Balaban J connectivity index is 2.64. The number of allylic oxidation sites excluding steroid dienone is 1. The molecule has 2 unspecified atom stereocenters. The number of rotatable bonds is 2. The van der Waals surface area contributed by atoms with E-state index < -0.39 is 24.3 Å². The van der Waals surface area contributed by atoms with Gasteiger partial charge in [-0.3, -0.25) is 0 Å². The van der Waals surface area contributed by atoms with E-state index in [0.717, 1.165) is 0 Å². The second kappa shape index (κ2) is 3.86. The summed E-state index contributed by atoms with van der Waals surface area (Å²) in [5, 5.41) is 2.32. The summed E-state index contributed by atoms with van der Waals surface area (Å²) in [5.41, 5.74) is 10.8. The van der Waals surface area contributed by atoms with Crippen molar-refractivity contribution in [1.29, 1.82) is 0 Å². The van der Waals surface area contributed by atoms with Crippen molar-refractivity contribution in [2.45, 2.75) is 24.7 Å². The van der Waals surface area contributed by atoms with Crippen LogP contribution in [0.3, 0.4) is 0 Å². The summed E-state index contributed by atoms with van der Waals surface area (Å²) in [6, 6.07) is -0.607. The van der Waals surface area contributed by atoms with E-state index in [1.165, 1.54) is 6.08 Å². The summed E-state index contributed by atoms with van der Waals surface area (Å²) >= 11 is 0. The summed E-state index contributed by atoms with van der Waals surface area (Å²) in [7, 11) is 0. The van der Waals surface area contributed by atoms with Crippen molar-refractivity contribution >= 4 is 0 Å². The van der Waals surface area contributed by atoms with Crippen LogP contribution in [0.4, 0.5) is 13.2 Å². The highest BCUT2D eigenvalue weighted by Gasteiger charge is 2.33. The van der Waals surface area contributed by atoms with Crippen LogP contribution in [0.2, 0.25) is 0 Å². The van der Waals surface area contributed by atoms with E-state index in [9.17, 15) is 13.2 Å². The molecule has 0 bridgehead atoms. The summed E-state index contributed by atoms with van der Waals surface area (Å²) in [6.45, 7) is 0.558. The number of halogens is 3. The van der Waals surface area contributed by atoms with Crippen LogP contribution in [0, 0.1) is 0 Å². The zero-order chi connectivity index (χ0) is 11.7. The predicted octanol–water partition coefficient (Wildman–Crippen LogP) is 0.637. The Morgan fingerprint density at radius 1 is 1.53 bits per heavy atom. The van der Waals surface area contributed by atoms with Crippen molar-refractivity contribution in [2.75, 3.05) is 6.54 Å². The minimum Gasteiger partial charge on any atom is -0.399 e. The Kier molecular flexibility index (Phi) is 3.11. The number of nitrogens with two attached hydrogens (primary N) is 2. The smallest absolute Gasteiger partial charge is 0.399 e. The average molecular weight is 221 g/mol. The maximum atomic E-state index is 12.0. The van der Waals surface area contributed by atoms with Gasteiger partial charge < -0.3 is 16.8 Å². The molecule has 0 aromatic rings. The highest BCUT2D eigenvalue weighted by molar-refractivity contribution is 5.31. The van der Waals surface area contributed by atoms with Crippen molar-refractivity contribution in [3.05, 3.63) is 23.9 Å². The van der Waals surface area contributed by atoms with Gasteiger partial charge in [-0.1, -0.05) is 6.08 Å². The van der Waals surface area contributed by atoms with E-state index in [1.54, 1.807) is 19.1 Å². The van der Waals surface area contributed by atoms with Crippen LogP contribution < -0.4 is 16.8 Å². The number of alkyl halides is 3. The largest absolute Gasteiger partial charge is 0.401 e. The van der Waals surface area contributed by atoms with Crippen molar-refractivity contribution in [3.8, 4) is 0 Å². The van der Waals surface area contributed by atoms with Crippen LogP contribution in [0.1, 0.15) is 6.92 Å². The Hall–Kier alpha value is -1.01. The third-order valence-electron chi connectivity index (χ3n) is 2.19. The molecule has 0 amide bonds. The van der Waals surface area contributed by atoms with Crippen molar-refractivity contribution in [1.82, 2.24) is 5.32 Å². The lowest BCUT2D eigenvalue weighted by Gasteiger charge is -2.33. The predicted molar refractivity (Wildman–Crippen MR) is 51.8 cm³/mol.